The minimum Gasteiger partial charge on any atom is -0.359 e. The van der Waals surface area contributed by atoms with Gasteiger partial charge in [0.15, 0.2) is 5.11 Å². The van der Waals surface area contributed by atoms with Crippen molar-refractivity contribution in [1.29, 1.82) is 0 Å². The van der Waals surface area contributed by atoms with Crippen LogP contribution >= 0.6 is 12.2 Å². The minimum absolute atomic E-state index is 0.139. The number of hydrogen-bond acceptors (Lipinski definition) is 3. The normalized spacial score (nSPS) is 11.4. The SMILES string of the molecule is CC(C)NC(=S)NNC(=O)[C@@H](Cc1ccccc1)NC(=O)c1ccccc1. The lowest BCUT2D eigenvalue weighted by atomic mass is 10.0. The van der Waals surface area contributed by atoms with E-state index in [2.05, 4.69) is 21.5 Å². The zero-order valence-corrected chi connectivity index (χ0v) is 16.2. The van der Waals surface area contributed by atoms with Crippen LogP contribution in [-0.2, 0) is 11.2 Å². The average Bonchev–Trinajstić information content (AvgIpc) is 2.66. The molecule has 0 radical (unpaired) electrons. The summed E-state index contributed by atoms with van der Waals surface area (Å²) in [7, 11) is 0. The van der Waals surface area contributed by atoms with E-state index in [4.69, 9.17) is 12.2 Å². The van der Waals surface area contributed by atoms with Gasteiger partial charge in [0.1, 0.15) is 6.04 Å². The van der Waals surface area contributed by atoms with Crippen molar-refractivity contribution >= 4 is 29.1 Å². The molecule has 0 spiro atoms. The Balaban J connectivity index is 2.05. The zero-order chi connectivity index (χ0) is 19.6. The van der Waals surface area contributed by atoms with E-state index >= 15 is 0 Å². The number of carbonyl (C=O) groups is 2. The molecule has 6 nitrogen and oxygen atoms in total. The van der Waals surface area contributed by atoms with Gasteiger partial charge in [0.2, 0.25) is 0 Å². The van der Waals surface area contributed by atoms with Crippen molar-refractivity contribution in [2.45, 2.75) is 32.4 Å². The van der Waals surface area contributed by atoms with Crippen LogP contribution in [0.2, 0.25) is 0 Å². The van der Waals surface area contributed by atoms with Crippen molar-refractivity contribution in [2.24, 2.45) is 0 Å². The first kappa shape index (κ1) is 20.4. The second-order valence-electron chi connectivity index (χ2n) is 6.32. The zero-order valence-electron chi connectivity index (χ0n) is 15.4. The lowest BCUT2D eigenvalue weighted by Gasteiger charge is -2.20. The second kappa shape index (κ2) is 10.3. The molecule has 142 valence electrons. The molecule has 2 aromatic rings. The van der Waals surface area contributed by atoms with E-state index in [9.17, 15) is 9.59 Å². The Labute approximate surface area is 164 Å². The minimum atomic E-state index is -0.755. The maximum absolute atomic E-state index is 12.6. The number of benzene rings is 2. The third-order valence-electron chi connectivity index (χ3n) is 3.66. The van der Waals surface area contributed by atoms with Crippen LogP contribution in [0.1, 0.15) is 29.8 Å². The van der Waals surface area contributed by atoms with Crippen molar-refractivity contribution in [1.82, 2.24) is 21.5 Å². The van der Waals surface area contributed by atoms with E-state index in [0.717, 1.165) is 5.56 Å². The molecule has 1 atom stereocenters. The number of hydrazine groups is 1. The van der Waals surface area contributed by atoms with Gasteiger partial charge in [-0.3, -0.25) is 20.4 Å². The summed E-state index contributed by atoms with van der Waals surface area (Å²) in [5.74, 6) is -0.689. The summed E-state index contributed by atoms with van der Waals surface area (Å²) in [6, 6.07) is 17.7. The first-order valence-electron chi connectivity index (χ1n) is 8.72. The van der Waals surface area contributed by atoms with Gasteiger partial charge in [-0.25, -0.2) is 0 Å². The van der Waals surface area contributed by atoms with Gasteiger partial charge >= 0.3 is 0 Å². The number of hydrogen-bond donors (Lipinski definition) is 4. The highest BCUT2D eigenvalue weighted by molar-refractivity contribution is 7.80. The molecule has 0 fully saturated rings. The molecule has 0 aliphatic heterocycles. The highest BCUT2D eigenvalue weighted by Gasteiger charge is 2.22. The van der Waals surface area contributed by atoms with Gasteiger partial charge in [0.25, 0.3) is 11.8 Å². The monoisotopic (exact) mass is 384 g/mol. The molecule has 0 aliphatic carbocycles. The fraction of sp³-hybridized carbons (Fsp3) is 0.250. The van der Waals surface area contributed by atoms with Gasteiger partial charge < -0.3 is 10.6 Å². The number of amides is 2. The van der Waals surface area contributed by atoms with Gasteiger partial charge in [0.05, 0.1) is 0 Å². The molecule has 0 aromatic heterocycles. The quantitative estimate of drug-likeness (QED) is 0.452. The first-order chi connectivity index (χ1) is 13.0. The van der Waals surface area contributed by atoms with Crippen LogP contribution in [0.4, 0.5) is 0 Å². The number of nitrogens with one attached hydrogen (secondary N) is 4. The highest BCUT2D eigenvalue weighted by atomic mass is 32.1. The fourth-order valence-electron chi connectivity index (χ4n) is 2.39. The Morgan fingerprint density at radius 1 is 0.889 bits per heavy atom. The van der Waals surface area contributed by atoms with Crippen molar-refractivity contribution < 1.29 is 9.59 Å². The molecule has 0 aliphatic rings. The molecule has 0 bridgehead atoms. The van der Waals surface area contributed by atoms with Crippen LogP contribution in [-0.4, -0.2) is 29.0 Å². The van der Waals surface area contributed by atoms with Crippen LogP contribution in [0.5, 0.6) is 0 Å². The van der Waals surface area contributed by atoms with Crippen molar-refractivity contribution in [3.8, 4) is 0 Å². The Bertz CT molecular complexity index is 766. The van der Waals surface area contributed by atoms with Gasteiger partial charge in [0, 0.05) is 18.0 Å². The number of rotatable bonds is 6. The summed E-state index contributed by atoms with van der Waals surface area (Å²) in [5, 5.41) is 6.07. The third kappa shape index (κ3) is 7.07. The molecule has 2 rings (SSSR count). The lowest BCUT2D eigenvalue weighted by molar-refractivity contribution is -0.123. The third-order valence-corrected chi connectivity index (χ3v) is 3.88. The Kier molecular flexibility index (Phi) is 7.76. The maximum atomic E-state index is 12.6. The number of carbonyl (C=O) groups excluding carboxylic acids is 2. The smallest absolute Gasteiger partial charge is 0.261 e. The van der Waals surface area contributed by atoms with Crippen LogP contribution in [0.15, 0.2) is 60.7 Å². The maximum Gasteiger partial charge on any atom is 0.261 e. The second-order valence-corrected chi connectivity index (χ2v) is 6.73. The van der Waals surface area contributed by atoms with Crippen LogP contribution in [0.25, 0.3) is 0 Å². The van der Waals surface area contributed by atoms with E-state index in [1.807, 2.05) is 50.2 Å². The lowest BCUT2D eigenvalue weighted by Crippen LogP contribution is -2.55. The largest absolute Gasteiger partial charge is 0.359 e. The molecule has 0 saturated heterocycles. The summed E-state index contributed by atoms with van der Waals surface area (Å²) in [5.41, 5.74) is 6.65. The summed E-state index contributed by atoms with van der Waals surface area (Å²) >= 11 is 5.11. The summed E-state index contributed by atoms with van der Waals surface area (Å²) in [6.07, 6.45) is 0.358. The molecule has 27 heavy (non-hydrogen) atoms. The highest BCUT2D eigenvalue weighted by Crippen LogP contribution is 2.05. The van der Waals surface area contributed by atoms with E-state index in [1.54, 1.807) is 24.3 Å². The van der Waals surface area contributed by atoms with Gasteiger partial charge in [-0.05, 0) is 43.8 Å². The van der Waals surface area contributed by atoms with E-state index < -0.39 is 6.04 Å². The van der Waals surface area contributed by atoms with Crippen LogP contribution in [0, 0.1) is 0 Å². The molecule has 2 amide bonds. The van der Waals surface area contributed by atoms with Crippen LogP contribution in [0.3, 0.4) is 0 Å². The van der Waals surface area contributed by atoms with Gasteiger partial charge in [-0.2, -0.15) is 0 Å². The molecule has 0 unspecified atom stereocenters. The molecule has 2 aromatic carbocycles. The summed E-state index contributed by atoms with van der Waals surface area (Å²) in [6.45, 7) is 3.88. The molecule has 7 heteroatoms. The molecule has 0 saturated carbocycles. The van der Waals surface area contributed by atoms with Gasteiger partial charge in [-0.1, -0.05) is 48.5 Å². The predicted octanol–water partition coefficient (Wildman–Crippen LogP) is 1.93. The number of thiocarbonyl (C=S) groups is 1. The fourth-order valence-corrected chi connectivity index (χ4v) is 2.68. The van der Waals surface area contributed by atoms with E-state index in [-0.39, 0.29) is 17.9 Å². The van der Waals surface area contributed by atoms with Crippen LogP contribution < -0.4 is 21.5 Å². The predicted molar refractivity (Wildman–Crippen MR) is 110 cm³/mol. The summed E-state index contributed by atoms with van der Waals surface area (Å²) < 4.78 is 0. The summed E-state index contributed by atoms with van der Waals surface area (Å²) in [4.78, 5) is 25.1. The van der Waals surface area contributed by atoms with Gasteiger partial charge in [-0.15, -0.1) is 0 Å². The van der Waals surface area contributed by atoms with Crippen molar-refractivity contribution in [2.75, 3.05) is 0 Å². The van der Waals surface area contributed by atoms with E-state index in [1.165, 1.54) is 0 Å². The molecule has 4 N–H and O–H groups in total. The Hall–Kier alpha value is -2.93. The first-order valence-corrected chi connectivity index (χ1v) is 9.12. The Morgan fingerprint density at radius 3 is 2.07 bits per heavy atom. The molecule has 0 heterocycles. The van der Waals surface area contributed by atoms with E-state index in [0.29, 0.717) is 17.1 Å². The Morgan fingerprint density at radius 2 is 1.48 bits per heavy atom. The molecular formula is C20H24N4O2S. The average molecular weight is 385 g/mol. The standard InChI is InChI=1S/C20H24N4O2S/c1-14(2)21-20(27)24-23-19(26)17(13-15-9-5-3-6-10-15)22-18(25)16-11-7-4-8-12-16/h3-12,14,17H,13H2,1-2H3,(H,22,25)(H,23,26)(H2,21,24,27)/t17-/m1/s1. The topological polar surface area (TPSA) is 82.3 Å². The van der Waals surface area contributed by atoms with Crippen molar-refractivity contribution in [3.05, 3.63) is 71.8 Å². The molecular weight excluding hydrogens is 360 g/mol. The van der Waals surface area contributed by atoms with Crippen molar-refractivity contribution in [3.63, 3.8) is 0 Å².